The second-order valence-corrected chi connectivity index (χ2v) is 6.35. The van der Waals surface area contributed by atoms with Gasteiger partial charge in [0.25, 0.3) is 5.91 Å². The molecule has 1 heterocycles. The molecule has 0 fully saturated rings. The number of halogens is 4. The molecule has 2 rings (SSSR count). The van der Waals surface area contributed by atoms with E-state index in [1.54, 1.807) is 4.90 Å². The fourth-order valence-corrected chi connectivity index (χ4v) is 2.69. The first-order valence-corrected chi connectivity index (χ1v) is 9.12. The van der Waals surface area contributed by atoms with Gasteiger partial charge in [0, 0.05) is 25.0 Å². The Morgan fingerprint density at radius 3 is 2.48 bits per heavy atom. The van der Waals surface area contributed by atoms with E-state index in [0.29, 0.717) is 18.8 Å². The van der Waals surface area contributed by atoms with Crippen molar-refractivity contribution in [3.63, 3.8) is 0 Å². The number of hydrogen-bond donors (Lipinski definition) is 1. The van der Waals surface area contributed by atoms with Crippen LogP contribution in [0.1, 0.15) is 19.5 Å². The molecule has 7 nitrogen and oxygen atoms in total. The van der Waals surface area contributed by atoms with Crippen LogP contribution >= 0.6 is 11.6 Å². The second-order valence-electron chi connectivity index (χ2n) is 5.94. The molecule has 0 aliphatic carbocycles. The Hall–Kier alpha value is -2.75. The average molecular weight is 433 g/mol. The molecule has 1 aromatic heterocycles. The zero-order chi connectivity index (χ0) is 21.6. The second kappa shape index (κ2) is 9.64. The van der Waals surface area contributed by atoms with Gasteiger partial charge in [-0.3, -0.25) is 14.3 Å². The van der Waals surface area contributed by atoms with Crippen molar-refractivity contribution >= 4 is 29.1 Å². The number of anilines is 1. The fourth-order valence-electron chi connectivity index (χ4n) is 2.45. The summed E-state index contributed by atoms with van der Waals surface area (Å²) in [4.78, 5) is 25.6. The van der Waals surface area contributed by atoms with Crippen LogP contribution in [-0.2, 0) is 22.3 Å². The molecular weight excluding hydrogens is 413 g/mol. The number of hydrogen-bond acceptors (Lipinski definition) is 4. The minimum absolute atomic E-state index is 0.173. The summed E-state index contributed by atoms with van der Waals surface area (Å²) in [6, 6.07) is 5.20. The van der Waals surface area contributed by atoms with Crippen LogP contribution in [-0.4, -0.2) is 46.2 Å². The zero-order valence-corrected chi connectivity index (χ0v) is 16.5. The number of nitrogens with zero attached hydrogens (tertiary/aromatic N) is 3. The van der Waals surface area contributed by atoms with E-state index in [1.165, 1.54) is 18.2 Å². The van der Waals surface area contributed by atoms with Gasteiger partial charge in [0.2, 0.25) is 5.91 Å². The Labute approximate surface area is 170 Å². The lowest BCUT2D eigenvalue weighted by molar-refractivity contribution is -0.141. The fraction of sp³-hybridized carbons (Fsp3) is 0.389. The maximum Gasteiger partial charge on any atom is 0.435 e. The summed E-state index contributed by atoms with van der Waals surface area (Å²) in [6.07, 6.45) is -3.50. The standard InChI is InChI=1S/C18H20ClF3N4O3/c1-3-25(4-2)17(28)11-29-14-6-5-12(9-13(14)19)23-16(27)10-26-8-7-15(24-26)18(20,21)22/h5-9H,3-4,10-11H2,1-2H3,(H,23,27). The normalized spacial score (nSPS) is 11.2. The molecule has 1 N–H and O–H groups in total. The Kier molecular flexibility index (Phi) is 7.49. The third-order valence-corrected chi connectivity index (χ3v) is 4.22. The quantitative estimate of drug-likeness (QED) is 0.693. The Morgan fingerprint density at radius 1 is 1.24 bits per heavy atom. The first-order chi connectivity index (χ1) is 13.6. The van der Waals surface area contributed by atoms with Gasteiger partial charge in [-0.25, -0.2) is 0 Å². The number of carbonyl (C=O) groups is 2. The van der Waals surface area contributed by atoms with Gasteiger partial charge >= 0.3 is 6.18 Å². The maximum absolute atomic E-state index is 12.5. The predicted octanol–water partition coefficient (Wildman–Crippen LogP) is 3.44. The number of nitrogens with one attached hydrogen (secondary N) is 1. The number of rotatable bonds is 8. The van der Waals surface area contributed by atoms with Crippen LogP contribution in [0.25, 0.3) is 0 Å². The van der Waals surface area contributed by atoms with Gasteiger partial charge < -0.3 is 15.0 Å². The first kappa shape index (κ1) is 22.5. The SMILES string of the molecule is CCN(CC)C(=O)COc1ccc(NC(=O)Cn2ccc(C(F)(F)F)n2)cc1Cl. The summed E-state index contributed by atoms with van der Waals surface area (Å²) in [7, 11) is 0. The summed E-state index contributed by atoms with van der Waals surface area (Å²) in [5.74, 6) is -0.490. The Morgan fingerprint density at radius 2 is 1.93 bits per heavy atom. The highest BCUT2D eigenvalue weighted by atomic mass is 35.5. The van der Waals surface area contributed by atoms with Gasteiger partial charge in [-0.1, -0.05) is 11.6 Å². The number of likely N-dealkylation sites (N-methyl/N-ethyl adjacent to an activating group) is 1. The maximum atomic E-state index is 12.5. The van der Waals surface area contributed by atoms with Crippen LogP contribution in [0.15, 0.2) is 30.5 Å². The molecular formula is C18H20ClF3N4O3. The van der Waals surface area contributed by atoms with E-state index < -0.39 is 24.3 Å². The van der Waals surface area contributed by atoms with E-state index in [4.69, 9.17) is 16.3 Å². The van der Waals surface area contributed by atoms with Crippen LogP contribution in [0.4, 0.5) is 18.9 Å². The lowest BCUT2D eigenvalue weighted by Crippen LogP contribution is -2.34. The lowest BCUT2D eigenvalue weighted by Gasteiger charge is -2.19. The number of carbonyl (C=O) groups excluding carboxylic acids is 2. The van der Waals surface area contributed by atoms with Crippen molar-refractivity contribution in [3.05, 3.63) is 41.2 Å². The lowest BCUT2D eigenvalue weighted by atomic mass is 10.3. The van der Waals surface area contributed by atoms with Crippen molar-refractivity contribution in [1.29, 1.82) is 0 Å². The molecule has 0 bridgehead atoms. The average Bonchev–Trinajstić information content (AvgIpc) is 3.10. The monoisotopic (exact) mass is 432 g/mol. The van der Waals surface area contributed by atoms with Gasteiger partial charge in [-0.15, -0.1) is 0 Å². The van der Waals surface area contributed by atoms with Gasteiger partial charge in [0.15, 0.2) is 12.3 Å². The van der Waals surface area contributed by atoms with Crippen LogP contribution < -0.4 is 10.1 Å². The Bertz CT molecular complexity index is 866. The predicted molar refractivity (Wildman–Crippen MR) is 101 cm³/mol. The Balaban J connectivity index is 1.93. The summed E-state index contributed by atoms with van der Waals surface area (Å²) in [5, 5.41) is 6.00. The summed E-state index contributed by atoms with van der Waals surface area (Å²) < 4.78 is 43.9. The molecule has 0 aliphatic heterocycles. The highest BCUT2D eigenvalue weighted by Gasteiger charge is 2.33. The molecule has 1 aromatic carbocycles. The minimum atomic E-state index is -4.57. The van der Waals surface area contributed by atoms with Crippen LogP contribution in [0, 0.1) is 0 Å². The molecule has 0 saturated heterocycles. The topological polar surface area (TPSA) is 76.5 Å². The highest BCUT2D eigenvalue weighted by Crippen LogP contribution is 2.28. The molecule has 2 amide bonds. The number of alkyl halides is 3. The molecule has 0 unspecified atom stereocenters. The van der Waals surface area contributed by atoms with E-state index in [1.807, 2.05) is 13.8 Å². The van der Waals surface area contributed by atoms with Crippen molar-refractivity contribution in [2.24, 2.45) is 0 Å². The first-order valence-electron chi connectivity index (χ1n) is 8.74. The van der Waals surface area contributed by atoms with Gasteiger partial charge in [-0.2, -0.15) is 18.3 Å². The molecule has 2 aromatic rings. The zero-order valence-electron chi connectivity index (χ0n) is 15.8. The van der Waals surface area contributed by atoms with Crippen LogP contribution in [0.5, 0.6) is 5.75 Å². The van der Waals surface area contributed by atoms with Crippen molar-refractivity contribution < 1.29 is 27.5 Å². The summed E-state index contributed by atoms with van der Waals surface area (Å²) in [5.41, 5.74) is -0.750. The van der Waals surface area contributed by atoms with E-state index in [2.05, 4.69) is 10.4 Å². The number of aromatic nitrogens is 2. The largest absolute Gasteiger partial charge is 0.482 e. The van der Waals surface area contributed by atoms with E-state index in [0.717, 1.165) is 16.9 Å². The van der Waals surface area contributed by atoms with Crippen molar-refractivity contribution in [2.75, 3.05) is 25.0 Å². The summed E-state index contributed by atoms with van der Waals surface area (Å²) >= 11 is 6.11. The van der Waals surface area contributed by atoms with E-state index >= 15 is 0 Å². The molecule has 0 aliphatic rings. The number of benzene rings is 1. The number of amides is 2. The number of ether oxygens (including phenoxy) is 1. The molecule has 158 valence electrons. The van der Waals surface area contributed by atoms with Crippen LogP contribution in [0.2, 0.25) is 5.02 Å². The smallest absolute Gasteiger partial charge is 0.435 e. The summed E-state index contributed by atoms with van der Waals surface area (Å²) in [6.45, 7) is 4.28. The highest BCUT2D eigenvalue weighted by molar-refractivity contribution is 6.32. The van der Waals surface area contributed by atoms with Gasteiger partial charge in [-0.05, 0) is 38.1 Å². The van der Waals surface area contributed by atoms with Crippen LogP contribution in [0.3, 0.4) is 0 Å². The molecule has 29 heavy (non-hydrogen) atoms. The van der Waals surface area contributed by atoms with Crippen molar-refractivity contribution in [2.45, 2.75) is 26.6 Å². The van der Waals surface area contributed by atoms with Gasteiger partial charge in [0.05, 0.1) is 5.02 Å². The van der Waals surface area contributed by atoms with Crippen molar-refractivity contribution in [3.8, 4) is 5.75 Å². The molecule has 0 radical (unpaired) electrons. The molecule has 0 saturated carbocycles. The van der Waals surface area contributed by atoms with Gasteiger partial charge in [0.1, 0.15) is 12.3 Å². The van der Waals surface area contributed by atoms with E-state index in [9.17, 15) is 22.8 Å². The van der Waals surface area contributed by atoms with E-state index in [-0.39, 0.29) is 23.3 Å². The molecule has 11 heteroatoms. The molecule has 0 atom stereocenters. The minimum Gasteiger partial charge on any atom is -0.482 e. The molecule has 0 spiro atoms. The third-order valence-electron chi connectivity index (χ3n) is 3.92. The third kappa shape index (κ3) is 6.38. The van der Waals surface area contributed by atoms with Crippen molar-refractivity contribution in [1.82, 2.24) is 14.7 Å².